The molecule has 0 bridgehead atoms. The average Bonchev–Trinajstić information content (AvgIpc) is 2.84. The van der Waals surface area contributed by atoms with Crippen molar-refractivity contribution in [1.29, 1.82) is 0 Å². The van der Waals surface area contributed by atoms with Gasteiger partial charge in [0.25, 0.3) is 5.91 Å². The van der Waals surface area contributed by atoms with E-state index in [1.807, 2.05) is 36.2 Å². The summed E-state index contributed by atoms with van der Waals surface area (Å²) in [5, 5.41) is 0. The van der Waals surface area contributed by atoms with Crippen LogP contribution in [-0.2, 0) is 6.42 Å². The minimum absolute atomic E-state index is 0.110. The molecule has 1 aromatic carbocycles. The third-order valence-electron chi connectivity index (χ3n) is 4.00. The van der Waals surface area contributed by atoms with Crippen LogP contribution >= 0.6 is 0 Å². The number of carbonyl (C=O) groups excluding carboxylic acids is 1. The topological polar surface area (TPSA) is 49.6 Å². The van der Waals surface area contributed by atoms with E-state index in [1.165, 1.54) is 12.0 Å². The first kappa shape index (κ1) is 15.0. The number of hydrogen-bond donors (Lipinski definition) is 1. The number of hydrogen-bond acceptors (Lipinski definition) is 3. The van der Waals surface area contributed by atoms with Gasteiger partial charge in [0.1, 0.15) is 0 Å². The minimum atomic E-state index is 0.110. The van der Waals surface area contributed by atoms with E-state index in [4.69, 9.17) is 5.73 Å². The molecule has 1 amide bonds. The van der Waals surface area contributed by atoms with E-state index < -0.39 is 0 Å². The fourth-order valence-corrected chi connectivity index (χ4v) is 2.85. The fraction of sp³-hybridized carbons (Fsp3) is 0.562. The van der Waals surface area contributed by atoms with Crippen molar-refractivity contribution in [3.05, 3.63) is 35.4 Å². The van der Waals surface area contributed by atoms with Crippen LogP contribution in [0.5, 0.6) is 0 Å². The van der Waals surface area contributed by atoms with Crippen LogP contribution in [0.1, 0.15) is 22.3 Å². The molecule has 1 heterocycles. The maximum Gasteiger partial charge on any atom is 0.253 e. The third-order valence-corrected chi connectivity index (χ3v) is 4.00. The number of nitrogens with zero attached hydrogens (tertiary/aromatic N) is 2. The lowest BCUT2D eigenvalue weighted by atomic mass is 10.1. The van der Waals surface area contributed by atoms with Gasteiger partial charge in [-0.1, -0.05) is 12.1 Å². The standard InChI is InChI=1S/C16H25N3O/c1-18-10-8-14(11-18)12-19(2)16(20)15-5-3-13(4-6-15)7-9-17/h3-6,14H,7-12,17H2,1-2H3. The van der Waals surface area contributed by atoms with E-state index >= 15 is 0 Å². The van der Waals surface area contributed by atoms with E-state index in [-0.39, 0.29) is 5.91 Å². The molecule has 1 saturated heterocycles. The van der Waals surface area contributed by atoms with E-state index in [1.54, 1.807) is 0 Å². The zero-order chi connectivity index (χ0) is 14.5. The lowest BCUT2D eigenvalue weighted by Crippen LogP contribution is -2.32. The van der Waals surface area contributed by atoms with Crippen molar-refractivity contribution < 1.29 is 4.79 Å². The van der Waals surface area contributed by atoms with Gasteiger partial charge in [0, 0.05) is 25.7 Å². The van der Waals surface area contributed by atoms with Gasteiger partial charge in [-0.2, -0.15) is 0 Å². The second-order valence-electron chi connectivity index (χ2n) is 5.84. The second kappa shape index (κ2) is 6.86. The van der Waals surface area contributed by atoms with Crippen molar-refractivity contribution in [3.63, 3.8) is 0 Å². The quantitative estimate of drug-likeness (QED) is 0.879. The van der Waals surface area contributed by atoms with Gasteiger partial charge in [-0.25, -0.2) is 0 Å². The minimum Gasteiger partial charge on any atom is -0.341 e. The Hall–Kier alpha value is -1.39. The summed E-state index contributed by atoms with van der Waals surface area (Å²) in [7, 11) is 4.03. The summed E-state index contributed by atoms with van der Waals surface area (Å²) in [6.07, 6.45) is 2.04. The van der Waals surface area contributed by atoms with E-state index in [2.05, 4.69) is 11.9 Å². The van der Waals surface area contributed by atoms with Crippen LogP contribution in [0.25, 0.3) is 0 Å². The summed E-state index contributed by atoms with van der Waals surface area (Å²) in [6.45, 7) is 3.71. The first-order valence-corrected chi connectivity index (χ1v) is 7.33. The number of likely N-dealkylation sites (tertiary alicyclic amines) is 1. The molecule has 2 N–H and O–H groups in total. The first-order chi connectivity index (χ1) is 9.60. The van der Waals surface area contributed by atoms with Gasteiger partial charge >= 0.3 is 0 Å². The van der Waals surface area contributed by atoms with Crippen molar-refractivity contribution >= 4 is 5.91 Å². The highest BCUT2D eigenvalue weighted by Gasteiger charge is 2.22. The van der Waals surface area contributed by atoms with Crippen molar-refractivity contribution in [2.24, 2.45) is 11.7 Å². The Kier molecular flexibility index (Phi) is 5.15. The zero-order valence-electron chi connectivity index (χ0n) is 12.5. The summed E-state index contributed by atoms with van der Waals surface area (Å²) in [6, 6.07) is 7.81. The smallest absolute Gasteiger partial charge is 0.253 e. The maximum absolute atomic E-state index is 12.4. The van der Waals surface area contributed by atoms with Gasteiger partial charge in [-0.05, 0) is 56.6 Å². The van der Waals surface area contributed by atoms with Crippen LogP contribution in [0.15, 0.2) is 24.3 Å². The molecule has 2 rings (SSSR count). The maximum atomic E-state index is 12.4. The molecule has 0 aromatic heterocycles. The summed E-state index contributed by atoms with van der Waals surface area (Å²) in [5.74, 6) is 0.712. The summed E-state index contributed by atoms with van der Waals surface area (Å²) in [5.41, 5.74) is 7.48. The number of nitrogens with two attached hydrogens (primary N) is 1. The summed E-state index contributed by atoms with van der Waals surface area (Å²) < 4.78 is 0. The zero-order valence-corrected chi connectivity index (χ0v) is 12.5. The van der Waals surface area contributed by atoms with Crippen molar-refractivity contribution in [1.82, 2.24) is 9.80 Å². The number of amides is 1. The molecule has 20 heavy (non-hydrogen) atoms. The van der Waals surface area contributed by atoms with Crippen LogP contribution < -0.4 is 5.73 Å². The van der Waals surface area contributed by atoms with Gasteiger partial charge in [0.05, 0.1) is 0 Å². The van der Waals surface area contributed by atoms with E-state index in [0.717, 1.165) is 31.6 Å². The number of carbonyl (C=O) groups is 1. The number of rotatable bonds is 5. The van der Waals surface area contributed by atoms with Gasteiger partial charge < -0.3 is 15.5 Å². The molecule has 0 saturated carbocycles. The predicted molar refractivity (Wildman–Crippen MR) is 81.8 cm³/mol. The Morgan fingerprint density at radius 1 is 1.40 bits per heavy atom. The normalized spacial score (nSPS) is 19.2. The molecule has 1 atom stereocenters. The Morgan fingerprint density at radius 2 is 2.10 bits per heavy atom. The summed E-state index contributed by atoms with van der Waals surface area (Å²) >= 11 is 0. The van der Waals surface area contributed by atoms with Crippen LogP contribution in [0.4, 0.5) is 0 Å². The Labute approximate surface area is 121 Å². The lowest BCUT2D eigenvalue weighted by Gasteiger charge is -2.21. The monoisotopic (exact) mass is 275 g/mol. The first-order valence-electron chi connectivity index (χ1n) is 7.33. The van der Waals surface area contributed by atoms with Crippen molar-refractivity contribution in [2.45, 2.75) is 12.8 Å². The Bertz CT molecular complexity index is 444. The van der Waals surface area contributed by atoms with Gasteiger partial charge in [0.15, 0.2) is 0 Å². The average molecular weight is 275 g/mol. The fourth-order valence-electron chi connectivity index (χ4n) is 2.85. The predicted octanol–water partition coefficient (Wildman–Crippen LogP) is 1.21. The van der Waals surface area contributed by atoms with Crippen molar-refractivity contribution in [3.8, 4) is 0 Å². The van der Waals surface area contributed by atoms with Gasteiger partial charge in [0.2, 0.25) is 0 Å². The molecule has 4 heteroatoms. The van der Waals surface area contributed by atoms with Crippen molar-refractivity contribution in [2.75, 3.05) is 40.3 Å². The van der Waals surface area contributed by atoms with Crippen LogP contribution in [0, 0.1) is 5.92 Å². The lowest BCUT2D eigenvalue weighted by molar-refractivity contribution is 0.0774. The highest BCUT2D eigenvalue weighted by molar-refractivity contribution is 5.94. The molecule has 1 aliphatic heterocycles. The molecule has 1 fully saturated rings. The van der Waals surface area contributed by atoms with Crippen LogP contribution in [0.2, 0.25) is 0 Å². The van der Waals surface area contributed by atoms with Crippen LogP contribution in [-0.4, -0.2) is 56.0 Å². The number of benzene rings is 1. The Balaban J connectivity index is 1.92. The molecule has 0 spiro atoms. The van der Waals surface area contributed by atoms with Gasteiger partial charge in [-0.3, -0.25) is 4.79 Å². The SMILES string of the molecule is CN1CCC(CN(C)C(=O)c2ccc(CCN)cc2)C1. The molecule has 1 aliphatic rings. The van der Waals surface area contributed by atoms with Gasteiger partial charge in [-0.15, -0.1) is 0 Å². The molecular weight excluding hydrogens is 250 g/mol. The van der Waals surface area contributed by atoms with Crippen LogP contribution in [0.3, 0.4) is 0 Å². The molecular formula is C16H25N3O. The molecule has 110 valence electrons. The second-order valence-corrected chi connectivity index (χ2v) is 5.84. The third kappa shape index (κ3) is 3.81. The molecule has 0 radical (unpaired) electrons. The van der Waals surface area contributed by atoms with E-state index in [9.17, 15) is 4.79 Å². The molecule has 4 nitrogen and oxygen atoms in total. The highest BCUT2D eigenvalue weighted by Crippen LogP contribution is 2.16. The highest BCUT2D eigenvalue weighted by atomic mass is 16.2. The molecule has 0 aliphatic carbocycles. The Morgan fingerprint density at radius 3 is 2.65 bits per heavy atom. The van der Waals surface area contributed by atoms with E-state index in [0.29, 0.717) is 12.5 Å². The largest absolute Gasteiger partial charge is 0.341 e. The molecule has 1 aromatic rings. The summed E-state index contributed by atoms with van der Waals surface area (Å²) in [4.78, 5) is 16.5. The molecule has 1 unspecified atom stereocenters.